The van der Waals surface area contributed by atoms with Crippen LogP contribution in [0.3, 0.4) is 0 Å². The van der Waals surface area contributed by atoms with Crippen molar-refractivity contribution in [3.05, 3.63) is 76.9 Å². The lowest BCUT2D eigenvalue weighted by atomic mass is 10.1. The summed E-state index contributed by atoms with van der Waals surface area (Å²) in [6.07, 6.45) is 1.81. The third-order valence-corrected chi connectivity index (χ3v) is 4.21. The van der Waals surface area contributed by atoms with E-state index in [1.165, 1.54) is 0 Å². The number of para-hydroxylation sites is 1. The molecule has 1 heterocycles. The minimum Gasteiger partial charge on any atom is -0.356 e. The molecule has 0 aliphatic rings. The van der Waals surface area contributed by atoms with E-state index < -0.39 is 5.56 Å². The first-order valence-electron chi connectivity index (χ1n) is 7.76. The van der Waals surface area contributed by atoms with E-state index in [9.17, 15) is 0 Å². The molecule has 2 aromatic carbocycles. The number of hydrogen-bond donors (Lipinski definition) is 1. The van der Waals surface area contributed by atoms with Crippen LogP contribution in [0.2, 0.25) is 5.02 Å². The van der Waals surface area contributed by atoms with Crippen molar-refractivity contribution in [2.24, 2.45) is 0 Å². The maximum absolute atomic E-state index is 6.22. The van der Waals surface area contributed by atoms with Gasteiger partial charge in [0.1, 0.15) is 5.56 Å². The van der Waals surface area contributed by atoms with Crippen molar-refractivity contribution >= 4 is 34.1 Å². The fourth-order valence-corrected chi connectivity index (χ4v) is 2.75. The number of pyridine rings is 1. The smallest absolute Gasteiger partial charge is 0.143 e. The molecule has 0 radical (unpaired) electrons. The standard InChI is InChI=1S/C19H18Cl2N2O/c20-17-8-6-14(7-9-17)13-24-18(21)12-22-11-16-4-1-3-15-5-2-10-23-19(15)16/h1-10,18,22H,11-13H2. The molecule has 0 saturated carbocycles. The van der Waals surface area contributed by atoms with Gasteiger partial charge in [-0.25, -0.2) is 0 Å². The summed E-state index contributed by atoms with van der Waals surface area (Å²) in [6, 6.07) is 17.7. The zero-order chi connectivity index (χ0) is 16.8. The highest BCUT2D eigenvalue weighted by molar-refractivity contribution is 6.30. The van der Waals surface area contributed by atoms with Gasteiger partial charge in [0.15, 0.2) is 0 Å². The number of ether oxygens (including phenoxy) is 1. The van der Waals surface area contributed by atoms with E-state index in [2.05, 4.69) is 28.5 Å². The van der Waals surface area contributed by atoms with Gasteiger partial charge in [-0.15, -0.1) is 0 Å². The van der Waals surface area contributed by atoms with Crippen LogP contribution >= 0.6 is 23.2 Å². The molecule has 0 bridgehead atoms. The summed E-state index contributed by atoms with van der Waals surface area (Å²) in [5, 5.41) is 5.17. The van der Waals surface area contributed by atoms with E-state index in [1.54, 1.807) is 0 Å². The van der Waals surface area contributed by atoms with E-state index >= 15 is 0 Å². The number of rotatable bonds is 7. The summed E-state index contributed by atoms with van der Waals surface area (Å²) in [5.74, 6) is 0. The van der Waals surface area contributed by atoms with Gasteiger partial charge in [-0.3, -0.25) is 4.98 Å². The molecule has 1 unspecified atom stereocenters. The molecule has 3 nitrogen and oxygen atoms in total. The molecule has 3 rings (SSSR count). The third kappa shape index (κ3) is 4.68. The Morgan fingerprint density at radius 3 is 2.67 bits per heavy atom. The Kier molecular flexibility index (Phi) is 6.05. The van der Waals surface area contributed by atoms with Crippen LogP contribution in [-0.2, 0) is 17.9 Å². The first-order valence-corrected chi connectivity index (χ1v) is 8.57. The van der Waals surface area contributed by atoms with Crippen molar-refractivity contribution in [3.8, 4) is 0 Å². The van der Waals surface area contributed by atoms with Gasteiger partial charge in [0.05, 0.1) is 12.1 Å². The Balaban J connectivity index is 1.48. The molecule has 1 aromatic heterocycles. The fourth-order valence-electron chi connectivity index (χ4n) is 2.46. The maximum Gasteiger partial charge on any atom is 0.143 e. The van der Waals surface area contributed by atoms with Gasteiger partial charge in [0, 0.05) is 29.7 Å². The Morgan fingerprint density at radius 1 is 1.04 bits per heavy atom. The molecule has 3 aromatic rings. The summed E-state index contributed by atoms with van der Waals surface area (Å²) in [7, 11) is 0. The molecule has 0 fully saturated rings. The SMILES string of the molecule is Clc1ccc(COC(Cl)CNCc2cccc3cccnc23)cc1. The molecule has 0 aliphatic carbocycles. The molecule has 0 saturated heterocycles. The van der Waals surface area contributed by atoms with Gasteiger partial charge in [-0.2, -0.15) is 0 Å². The maximum atomic E-state index is 6.22. The van der Waals surface area contributed by atoms with Crippen molar-refractivity contribution in [2.75, 3.05) is 6.54 Å². The molecule has 1 atom stereocenters. The zero-order valence-corrected chi connectivity index (χ0v) is 14.6. The average molecular weight is 361 g/mol. The number of nitrogens with one attached hydrogen (secondary N) is 1. The summed E-state index contributed by atoms with van der Waals surface area (Å²) in [5.41, 5.74) is 2.81. The predicted molar refractivity (Wildman–Crippen MR) is 99.3 cm³/mol. The third-order valence-electron chi connectivity index (χ3n) is 3.68. The van der Waals surface area contributed by atoms with E-state index in [0.29, 0.717) is 24.7 Å². The molecule has 0 spiro atoms. The molecule has 0 aliphatic heterocycles. The second-order valence-electron chi connectivity index (χ2n) is 5.47. The number of hydrogen-bond acceptors (Lipinski definition) is 3. The molecular formula is C19H18Cl2N2O. The van der Waals surface area contributed by atoms with Crippen LogP contribution in [0.25, 0.3) is 10.9 Å². The van der Waals surface area contributed by atoms with Gasteiger partial charge in [-0.1, -0.05) is 59.6 Å². The fraction of sp³-hybridized carbons (Fsp3) is 0.211. The quantitative estimate of drug-likeness (QED) is 0.616. The predicted octanol–water partition coefficient (Wildman–Crippen LogP) is 4.76. The van der Waals surface area contributed by atoms with Crippen molar-refractivity contribution < 1.29 is 4.74 Å². The number of fused-ring (bicyclic) bond motifs is 1. The highest BCUT2D eigenvalue weighted by atomic mass is 35.5. The lowest BCUT2D eigenvalue weighted by Crippen LogP contribution is -2.25. The highest BCUT2D eigenvalue weighted by Crippen LogP contribution is 2.16. The van der Waals surface area contributed by atoms with Crippen molar-refractivity contribution in [1.29, 1.82) is 0 Å². The van der Waals surface area contributed by atoms with Crippen LogP contribution in [0.15, 0.2) is 60.8 Å². The van der Waals surface area contributed by atoms with E-state index in [4.69, 9.17) is 27.9 Å². The van der Waals surface area contributed by atoms with Gasteiger partial charge < -0.3 is 10.1 Å². The number of nitrogens with zero attached hydrogens (tertiary/aromatic N) is 1. The van der Waals surface area contributed by atoms with Gasteiger partial charge in [0.2, 0.25) is 0 Å². The molecule has 1 N–H and O–H groups in total. The van der Waals surface area contributed by atoms with Crippen LogP contribution < -0.4 is 5.32 Å². The minimum absolute atomic E-state index is 0.399. The first kappa shape index (κ1) is 17.2. The summed E-state index contributed by atoms with van der Waals surface area (Å²) >= 11 is 12.1. The first-order chi connectivity index (χ1) is 11.7. The monoisotopic (exact) mass is 360 g/mol. The number of benzene rings is 2. The molecule has 5 heteroatoms. The lowest BCUT2D eigenvalue weighted by Gasteiger charge is -2.13. The Bertz CT molecular complexity index is 787. The Labute approximate surface area is 151 Å². The van der Waals surface area contributed by atoms with Crippen LogP contribution in [0.4, 0.5) is 0 Å². The van der Waals surface area contributed by atoms with E-state index in [0.717, 1.165) is 22.0 Å². The lowest BCUT2D eigenvalue weighted by molar-refractivity contribution is 0.0933. The largest absolute Gasteiger partial charge is 0.356 e. The topological polar surface area (TPSA) is 34.1 Å². The second kappa shape index (κ2) is 8.45. The second-order valence-corrected chi connectivity index (χ2v) is 6.39. The molecule has 24 heavy (non-hydrogen) atoms. The number of halogens is 2. The zero-order valence-electron chi connectivity index (χ0n) is 13.1. The Morgan fingerprint density at radius 2 is 1.83 bits per heavy atom. The van der Waals surface area contributed by atoms with Crippen molar-refractivity contribution in [3.63, 3.8) is 0 Å². The summed E-state index contributed by atoms with van der Waals surface area (Å²) < 4.78 is 5.64. The highest BCUT2D eigenvalue weighted by Gasteiger charge is 2.06. The van der Waals surface area contributed by atoms with E-state index in [-0.39, 0.29) is 0 Å². The Hall–Kier alpha value is -1.65. The summed E-state index contributed by atoms with van der Waals surface area (Å²) in [6.45, 7) is 1.71. The van der Waals surface area contributed by atoms with Gasteiger partial charge in [0.25, 0.3) is 0 Å². The normalized spacial score (nSPS) is 12.4. The average Bonchev–Trinajstić information content (AvgIpc) is 2.61. The summed E-state index contributed by atoms with van der Waals surface area (Å²) in [4.78, 5) is 4.45. The molecule has 0 amide bonds. The van der Waals surface area contributed by atoms with Crippen LogP contribution in [-0.4, -0.2) is 17.1 Å². The van der Waals surface area contributed by atoms with E-state index in [1.807, 2.05) is 42.6 Å². The van der Waals surface area contributed by atoms with Gasteiger partial charge in [-0.05, 0) is 29.3 Å². The van der Waals surface area contributed by atoms with Crippen molar-refractivity contribution in [2.45, 2.75) is 18.7 Å². The molecule has 124 valence electrons. The van der Waals surface area contributed by atoms with Crippen LogP contribution in [0.5, 0.6) is 0 Å². The van der Waals surface area contributed by atoms with Crippen LogP contribution in [0, 0.1) is 0 Å². The number of alkyl halides is 1. The van der Waals surface area contributed by atoms with Crippen molar-refractivity contribution in [1.82, 2.24) is 10.3 Å². The van der Waals surface area contributed by atoms with Crippen LogP contribution in [0.1, 0.15) is 11.1 Å². The molecular weight excluding hydrogens is 343 g/mol. The number of aromatic nitrogens is 1. The van der Waals surface area contributed by atoms with Gasteiger partial charge >= 0.3 is 0 Å². The minimum atomic E-state index is -0.399.